The van der Waals surface area contributed by atoms with E-state index in [0.29, 0.717) is 0 Å². The molecule has 0 aliphatic rings. The van der Waals surface area contributed by atoms with Crippen molar-refractivity contribution >= 4 is 22.2 Å². The number of fused-ring (bicyclic) bond motifs is 1. The van der Waals surface area contributed by atoms with Gasteiger partial charge >= 0.3 is 0 Å². The SMILES string of the molecule is c1ccc(-c2scc3cncnc23)cc1. The number of hydrogen-bond donors (Lipinski definition) is 0. The normalized spacial score (nSPS) is 10.7. The fraction of sp³-hybridized carbons (Fsp3) is 0. The van der Waals surface area contributed by atoms with Crippen LogP contribution in [0.25, 0.3) is 21.3 Å². The molecule has 0 N–H and O–H groups in total. The first-order valence-electron chi connectivity index (χ1n) is 4.68. The van der Waals surface area contributed by atoms with Crippen molar-refractivity contribution in [3.63, 3.8) is 0 Å². The molecule has 0 spiro atoms. The van der Waals surface area contributed by atoms with Crippen LogP contribution in [-0.2, 0) is 0 Å². The first-order chi connectivity index (χ1) is 7.45. The van der Waals surface area contributed by atoms with Crippen LogP contribution < -0.4 is 0 Å². The van der Waals surface area contributed by atoms with Gasteiger partial charge in [-0.3, -0.25) is 0 Å². The minimum atomic E-state index is 1.04. The molecule has 0 fully saturated rings. The maximum Gasteiger partial charge on any atom is 0.116 e. The highest BCUT2D eigenvalue weighted by Crippen LogP contribution is 2.32. The summed E-state index contributed by atoms with van der Waals surface area (Å²) in [4.78, 5) is 9.55. The van der Waals surface area contributed by atoms with Crippen LogP contribution >= 0.6 is 11.3 Å². The zero-order valence-corrected chi connectivity index (χ0v) is 8.74. The molecule has 15 heavy (non-hydrogen) atoms. The summed E-state index contributed by atoms with van der Waals surface area (Å²) >= 11 is 1.71. The van der Waals surface area contributed by atoms with Gasteiger partial charge in [-0.2, -0.15) is 0 Å². The van der Waals surface area contributed by atoms with Gasteiger partial charge in [-0.25, -0.2) is 9.97 Å². The highest BCUT2D eigenvalue weighted by Gasteiger charge is 2.06. The van der Waals surface area contributed by atoms with Crippen molar-refractivity contribution in [1.82, 2.24) is 9.97 Å². The van der Waals surface area contributed by atoms with E-state index in [9.17, 15) is 0 Å². The molecule has 0 saturated carbocycles. The Kier molecular flexibility index (Phi) is 1.96. The first kappa shape index (κ1) is 8.56. The van der Waals surface area contributed by atoms with Crippen LogP contribution in [0.5, 0.6) is 0 Å². The predicted molar refractivity (Wildman–Crippen MR) is 62.9 cm³/mol. The van der Waals surface area contributed by atoms with Crippen molar-refractivity contribution < 1.29 is 0 Å². The minimum absolute atomic E-state index is 1.04. The van der Waals surface area contributed by atoms with E-state index in [-0.39, 0.29) is 0 Å². The molecule has 2 nitrogen and oxygen atoms in total. The standard InChI is InChI=1S/C12H8N2S/c1-2-4-9(5-3-1)12-11-10(7-15-12)6-13-8-14-11/h1-8H. The lowest BCUT2D eigenvalue weighted by molar-refractivity contribution is 1.23. The average Bonchev–Trinajstić information content (AvgIpc) is 2.74. The predicted octanol–water partition coefficient (Wildman–Crippen LogP) is 3.36. The molecule has 2 heterocycles. The molecule has 0 aliphatic carbocycles. The Morgan fingerprint density at radius 1 is 1.07 bits per heavy atom. The first-order valence-corrected chi connectivity index (χ1v) is 5.56. The van der Waals surface area contributed by atoms with E-state index in [1.165, 1.54) is 10.4 Å². The smallest absolute Gasteiger partial charge is 0.116 e. The third kappa shape index (κ3) is 1.41. The summed E-state index contributed by atoms with van der Waals surface area (Å²) in [6.45, 7) is 0. The highest BCUT2D eigenvalue weighted by molar-refractivity contribution is 7.15. The van der Waals surface area contributed by atoms with Crippen molar-refractivity contribution in [3.05, 3.63) is 48.2 Å². The summed E-state index contributed by atoms with van der Waals surface area (Å²) in [5.74, 6) is 0. The maximum atomic E-state index is 4.32. The quantitative estimate of drug-likeness (QED) is 0.618. The van der Waals surface area contributed by atoms with Crippen LogP contribution in [-0.4, -0.2) is 9.97 Å². The van der Waals surface area contributed by atoms with E-state index in [0.717, 1.165) is 10.9 Å². The Bertz CT molecular complexity index is 587. The summed E-state index contributed by atoms with van der Waals surface area (Å²) in [5.41, 5.74) is 2.26. The Morgan fingerprint density at radius 2 is 1.93 bits per heavy atom. The molecule has 3 rings (SSSR count). The van der Waals surface area contributed by atoms with Crippen molar-refractivity contribution in [2.24, 2.45) is 0 Å². The zero-order chi connectivity index (χ0) is 10.1. The maximum absolute atomic E-state index is 4.32. The summed E-state index contributed by atoms with van der Waals surface area (Å²) in [6, 6.07) is 10.3. The molecule has 3 heteroatoms. The van der Waals surface area contributed by atoms with E-state index in [4.69, 9.17) is 0 Å². The van der Waals surface area contributed by atoms with Gasteiger partial charge in [-0.15, -0.1) is 11.3 Å². The van der Waals surface area contributed by atoms with Gasteiger partial charge in [0.1, 0.15) is 6.33 Å². The minimum Gasteiger partial charge on any atom is -0.244 e. The number of rotatable bonds is 1. The summed E-state index contributed by atoms with van der Waals surface area (Å²) in [5, 5.41) is 3.21. The Morgan fingerprint density at radius 3 is 2.80 bits per heavy atom. The number of aromatic nitrogens is 2. The largest absolute Gasteiger partial charge is 0.244 e. The molecule has 1 aromatic carbocycles. The number of nitrogens with zero attached hydrogens (tertiary/aromatic N) is 2. The Balaban J connectivity index is 2.28. The van der Waals surface area contributed by atoms with Gasteiger partial charge in [0, 0.05) is 17.0 Å². The van der Waals surface area contributed by atoms with E-state index in [1.54, 1.807) is 17.7 Å². The number of benzene rings is 1. The lowest BCUT2D eigenvalue weighted by Crippen LogP contribution is -1.78. The van der Waals surface area contributed by atoms with E-state index in [2.05, 4.69) is 27.5 Å². The second-order valence-electron chi connectivity index (χ2n) is 3.26. The molecular formula is C12H8N2S. The van der Waals surface area contributed by atoms with Gasteiger partial charge in [0.2, 0.25) is 0 Å². The van der Waals surface area contributed by atoms with Crippen molar-refractivity contribution in [2.45, 2.75) is 0 Å². The lowest BCUT2D eigenvalue weighted by atomic mass is 10.1. The summed E-state index contributed by atoms with van der Waals surface area (Å²) < 4.78 is 0. The van der Waals surface area contributed by atoms with Gasteiger partial charge in [0.25, 0.3) is 0 Å². The van der Waals surface area contributed by atoms with Crippen molar-refractivity contribution in [2.75, 3.05) is 0 Å². The Labute approximate surface area is 91.2 Å². The topological polar surface area (TPSA) is 25.8 Å². The average molecular weight is 212 g/mol. The van der Waals surface area contributed by atoms with Crippen molar-refractivity contribution in [1.29, 1.82) is 0 Å². The van der Waals surface area contributed by atoms with Gasteiger partial charge in [-0.1, -0.05) is 30.3 Å². The van der Waals surface area contributed by atoms with Crippen LogP contribution in [0, 0.1) is 0 Å². The van der Waals surface area contributed by atoms with Crippen molar-refractivity contribution in [3.8, 4) is 10.4 Å². The highest BCUT2D eigenvalue weighted by atomic mass is 32.1. The molecule has 2 aromatic heterocycles. The Hall–Kier alpha value is -1.74. The molecule has 3 aromatic rings. The van der Waals surface area contributed by atoms with Crippen LogP contribution in [0.1, 0.15) is 0 Å². The zero-order valence-electron chi connectivity index (χ0n) is 7.92. The van der Waals surface area contributed by atoms with Gasteiger partial charge in [0.05, 0.1) is 10.4 Å². The van der Waals surface area contributed by atoms with Crippen LogP contribution in [0.4, 0.5) is 0 Å². The van der Waals surface area contributed by atoms with Gasteiger partial charge in [0.15, 0.2) is 0 Å². The monoisotopic (exact) mass is 212 g/mol. The summed E-state index contributed by atoms with van der Waals surface area (Å²) in [7, 11) is 0. The van der Waals surface area contributed by atoms with E-state index < -0.39 is 0 Å². The van der Waals surface area contributed by atoms with Crippen LogP contribution in [0.15, 0.2) is 48.2 Å². The third-order valence-electron chi connectivity index (χ3n) is 2.30. The molecule has 0 amide bonds. The van der Waals surface area contributed by atoms with Crippen LogP contribution in [0.2, 0.25) is 0 Å². The molecular weight excluding hydrogens is 204 g/mol. The molecule has 0 unspecified atom stereocenters. The van der Waals surface area contributed by atoms with Gasteiger partial charge in [-0.05, 0) is 5.56 Å². The second kappa shape index (κ2) is 3.44. The number of thiophene rings is 1. The molecule has 72 valence electrons. The summed E-state index contributed by atoms with van der Waals surface area (Å²) in [6.07, 6.45) is 3.45. The molecule has 0 bridgehead atoms. The second-order valence-corrected chi connectivity index (χ2v) is 4.14. The molecule has 0 aliphatic heterocycles. The molecule has 0 saturated heterocycles. The molecule has 0 radical (unpaired) electrons. The third-order valence-corrected chi connectivity index (χ3v) is 3.33. The van der Waals surface area contributed by atoms with Gasteiger partial charge < -0.3 is 0 Å². The number of hydrogen-bond acceptors (Lipinski definition) is 3. The van der Waals surface area contributed by atoms with E-state index >= 15 is 0 Å². The fourth-order valence-corrected chi connectivity index (χ4v) is 2.56. The van der Waals surface area contributed by atoms with Crippen LogP contribution in [0.3, 0.4) is 0 Å². The van der Waals surface area contributed by atoms with E-state index in [1.807, 2.05) is 24.4 Å². The lowest BCUT2D eigenvalue weighted by Gasteiger charge is -1.96. The fourth-order valence-electron chi connectivity index (χ4n) is 1.59. The molecule has 0 atom stereocenters.